The molecule has 10 nitrogen and oxygen atoms in total. The third kappa shape index (κ3) is 7.23. The zero-order valence-electron chi connectivity index (χ0n) is 20.0. The van der Waals surface area contributed by atoms with E-state index >= 15 is 0 Å². The predicted octanol–water partition coefficient (Wildman–Crippen LogP) is 3.44. The maximum atomic E-state index is 12.7. The number of aryl methyl sites for hydroxylation is 2. The highest BCUT2D eigenvalue weighted by Gasteiger charge is 2.16. The fraction of sp³-hybridized carbons (Fsp3) is 0.167. The van der Waals surface area contributed by atoms with Crippen LogP contribution >= 0.6 is 12.2 Å². The largest absolute Gasteiger partial charge is 0.493 e. The minimum atomic E-state index is -3.89. The third-order valence-corrected chi connectivity index (χ3v) is 6.25. The third-order valence-electron chi connectivity index (χ3n) is 4.70. The van der Waals surface area contributed by atoms with Crippen molar-refractivity contribution in [3.05, 3.63) is 71.6 Å². The second kappa shape index (κ2) is 11.6. The Morgan fingerprint density at radius 3 is 2.19 bits per heavy atom. The Bertz CT molecular complexity index is 1390. The van der Waals surface area contributed by atoms with Crippen molar-refractivity contribution in [3.8, 4) is 11.5 Å². The van der Waals surface area contributed by atoms with Crippen molar-refractivity contribution in [1.82, 2.24) is 15.3 Å². The first-order valence-electron chi connectivity index (χ1n) is 10.6. The molecule has 0 spiro atoms. The molecule has 188 valence electrons. The van der Waals surface area contributed by atoms with Crippen LogP contribution in [0.5, 0.6) is 11.5 Å². The maximum absolute atomic E-state index is 12.7. The molecule has 12 heteroatoms. The number of amides is 1. The van der Waals surface area contributed by atoms with Crippen molar-refractivity contribution < 1.29 is 22.7 Å². The number of nitrogens with zero attached hydrogens (tertiary/aromatic N) is 2. The van der Waals surface area contributed by atoms with Gasteiger partial charge in [0.15, 0.2) is 16.6 Å². The number of aromatic nitrogens is 2. The topological polar surface area (TPSA) is 132 Å². The van der Waals surface area contributed by atoms with E-state index in [-0.39, 0.29) is 16.0 Å². The van der Waals surface area contributed by atoms with Gasteiger partial charge in [-0.25, -0.2) is 23.1 Å². The minimum absolute atomic E-state index is 0.000250. The number of thiocarbonyl (C=S) groups is 1. The molecule has 3 rings (SSSR count). The summed E-state index contributed by atoms with van der Waals surface area (Å²) in [5, 5.41) is 5.42. The van der Waals surface area contributed by atoms with Crippen LogP contribution in [0.3, 0.4) is 0 Å². The fourth-order valence-electron chi connectivity index (χ4n) is 3.11. The molecule has 1 aromatic heterocycles. The van der Waals surface area contributed by atoms with Gasteiger partial charge in [0.1, 0.15) is 0 Å². The van der Waals surface area contributed by atoms with Gasteiger partial charge in [-0.2, -0.15) is 0 Å². The minimum Gasteiger partial charge on any atom is -0.493 e. The number of carbonyl (C=O) groups is 1. The first kappa shape index (κ1) is 26.6. The maximum Gasteiger partial charge on any atom is 0.264 e. The van der Waals surface area contributed by atoms with Crippen LogP contribution in [0.25, 0.3) is 6.08 Å². The summed E-state index contributed by atoms with van der Waals surface area (Å²) in [6.45, 7) is 3.50. The molecule has 0 unspecified atom stereocenters. The van der Waals surface area contributed by atoms with Gasteiger partial charge in [-0.3, -0.25) is 10.1 Å². The number of ether oxygens (including phenoxy) is 2. The molecule has 0 atom stereocenters. The molecule has 0 bridgehead atoms. The number of methoxy groups -OCH3 is 2. The first-order chi connectivity index (χ1) is 17.1. The van der Waals surface area contributed by atoms with Gasteiger partial charge < -0.3 is 14.8 Å². The van der Waals surface area contributed by atoms with Gasteiger partial charge in [0.25, 0.3) is 10.0 Å². The van der Waals surface area contributed by atoms with Gasteiger partial charge >= 0.3 is 0 Å². The molecule has 0 aliphatic heterocycles. The molecule has 3 aromatic rings. The Morgan fingerprint density at radius 2 is 1.58 bits per heavy atom. The van der Waals surface area contributed by atoms with Crippen LogP contribution in [-0.4, -0.2) is 43.6 Å². The molecule has 36 heavy (non-hydrogen) atoms. The van der Waals surface area contributed by atoms with E-state index in [1.807, 2.05) is 0 Å². The number of sulfonamides is 1. The number of hydrogen-bond acceptors (Lipinski definition) is 8. The van der Waals surface area contributed by atoms with Crippen LogP contribution in [0, 0.1) is 13.8 Å². The van der Waals surface area contributed by atoms with Crippen molar-refractivity contribution in [2.75, 3.05) is 24.3 Å². The van der Waals surface area contributed by atoms with E-state index in [1.165, 1.54) is 37.5 Å². The summed E-state index contributed by atoms with van der Waals surface area (Å²) in [5.41, 5.74) is 2.52. The van der Waals surface area contributed by atoms with E-state index in [1.54, 1.807) is 51.3 Å². The summed E-state index contributed by atoms with van der Waals surface area (Å²) in [6, 6.07) is 12.8. The number of anilines is 2. The van der Waals surface area contributed by atoms with Crippen LogP contribution in [0.4, 0.5) is 11.6 Å². The summed E-state index contributed by atoms with van der Waals surface area (Å²) in [4.78, 5) is 20.4. The zero-order valence-corrected chi connectivity index (χ0v) is 21.7. The van der Waals surface area contributed by atoms with E-state index in [9.17, 15) is 13.2 Å². The van der Waals surface area contributed by atoms with Crippen molar-refractivity contribution in [3.63, 3.8) is 0 Å². The molecule has 1 heterocycles. The van der Waals surface area contributed by atoms with Crippen LogP contribution < -0.4 is 24.8 Å². The molecule has 0 fully saturated rings. The van der Waals surface area contributed by atoms with Gasteiger partial charge in [0, 0.05) is 23.2 Å². The number of benzene rings is 2. The Labute approximate surface area is 214 Å². The summed E-state index contributed by atoms with van der Waals surface area (Å²) >= 11 is 5.17. The van der Waals surface area contributed by atoms with E-state index < -0.39 is 15.9 Å². The quantitative estimate of drug-likeness (QED) is 0.298. The van der Waals surface area contributed by atoms with Crippen LogP contribution in [0.2, 0.25) is 0 Å². The second-order valence-electron chi connectivity index (χ2n) is 7.50. The Balaban J connectivity index is 1.58. The molecular weight excluding hydrogens is 502 g/mol. The predicted molar refractivity (Wildman–Crippen MR) is 142 cm³/mol. The molecule has 3 N–H and O–H groups in total. The summed E-state index contributed by atoms with van der Waals surface area (Å²) in [5.74, 6) is 0.677. The van der Waals surface area contributed by atoms with Crippen LogP contribution in [0.1, 0.15) is 17.0 Å². The lowest BCUT2D eigenvalue weighted by atomic mass is 10.2. The highest BCUT2D eigenvalue weighted by Crippen LogP contribution is 2.28. The van der Waals surface area contributed by atoms with Gasteiger partial charge in [-0.1, -0.05) is 6.07 Å². The molecule has 0 aliphatic carbocycles. The van der Waals surface area contributed by atoms with E-state index in [2.05, 4.69) is 25.3 Å². The fourth-order valence-corrected chi connectivity index (χ4v) is 4.27. The van der Waals surface area contributed by atoms with Gasteiger partial charge in [0.2, 0.25) is 11.9 Å². The van der Waals surface area contributed by atoms with Crippen molar-refractivity contribution in [1.29, 1.82) is 0 Å². The standard InChI is InChI=1S/C24H25N5O5S2/c1-15-13-16(2)26-23(25-15)29-36(31,32)19-9-7-18(8-10-19)27-24(35)28-22(30)12-6-17-5-11-20(33-3)21(14-17)34-4/h5-14H,1-4H3,(H,25,26,29)(H2,27,28,30,35). The smallest absolute Gasteiger partial charge is 0.264 e. The molecule has 0 radical (unpaired) electrons. The SMILES string of the molecule is COc1ccc(C=CC(=O)NC(=S)Nc2ccc(S(=O)(=O)Nc3nc(C)cc(C)n3)cc2)cc1OC. The number of rotatable bonds is 8. The van der Waals surface area contributed by atoms with E-state index in [4.69, 9.17) is 21.7 Å². The van der Waals surface area contributed by atoms with Crippen LogP contribution in [-0.2, 0) is 14.8 Å². The van der Waals surface area contributed by atoms with E-state index in [0.717, 1.165) is 5.56 Å². The molecule has 0 saturated carbocycles. The van der Waals surface area contributed by atoms with E-state index in [0.29, 0.717) is 28.6 Å². The molecule has 1 amide bonds. The lowest BCUT2D eigenvalue weighted by Crippen LogP contribution is -2.32. The van der Waals surface area contributed by atoms with Gasteiger partial charge in [-0.05, 0) is 80.2 Å². The number of carbonyl (C=O) groups excluding carboxylic acids is 1. The highest BCUT2D eigenvalue weighted by molar-refractivity contribution is 7.92. The van der Waals surface area contributed by atoms with Gasteiger partial charge in [-0.15, -0.1) is 0 Å². The molecule has 0 aliphatic rings. The number of nitrogens with one attached hydrogen (secondary N) is 3. The van der Waals surface area contributed by atoms with Crippen LogP contribution in [0.15, 0.2) is 59.5 Å². The average Bonchev–Trinajstić information content (AvgIpc) is 2.81. The molecular formula is C24H25N5O5S2. The number of hydrogen-bond donors (Lipinski definition) is 3. The first-order valence-corrected chi connectivity index (χ1v) is 12.5. The Hall–Kier alpha value is -4.03. The van der Waals surface area contributed by atoms with Gasteiger partial charge in [0.05, 0.1) is 19.1 Å². The summed E-state index contributed by atoms with van der Waals surface area (Å²) < 4.78 is 38.1. The Kier molecular flexibility index (Phi) is 8.56. The monoisotopic (exact) mass is 527 g/mol. The highest BCUT2D eigenvalue weighted by atomic mass is 32.2. The average molecular weight is 528 g/mol. The second-order valence-corrected chi connectivity index (χ2v) is 9.59. The zero-order chi connectivity index (χ0) is 26.3. The van der Waals surface area contributed by atoms with Crippen molar-refractivity contribution in [2.45, 2.75) is 18.7 Å². The normalized spacial score (nSPS) is 11.1. The Morgan fingerprint density at radius 1 is 0.944 bits per heavy atom. The van der Waals surface area contributed by atoms with Crippen molar-refractivity contribution >= 4 is 51.0 Å². The molecule has 0 saturated heterocycles. The lowest BCUT2D eigenvalue weighted by Gasteiger charge is -2.10. The molecule has 2 aromatic carbocycles. The van der Waals surface area contributed by atoms with Crippen molar-refractivity contribution in [2.24, 2.45) is 0 Å². The summed E-state index contributed by atoms with van der Waals surface area (Å²) in [7, 11) is -0.817. The summed E-state index contributed by atoms with van der Waals surface area (Å²) in [6.07, 6.45) is 2.93. The lowest BCUT2D eigenvalue weighted by molar-refractivity contribution is -0.115.